The number of halogens is 6. The Morgan fingerprint density at radius 2 is 0.515 bits per heavy atom. The molecule has 0 aliphatic heterocycles. The third-order valence-electron chi connectivity index (χ3n) is 20.0. The molecule has 470 valence electrons. The van der Waals surface area contributed by atoms with E-state index in [9.17, 15) is 5.26 Å². The first-order chi connectivity index (χ1) is 48.4. The van der Waals surface area contributed by atoms with Gasteiger partial charge in [0, 0.05) is 87.6 Å². The number of para-hydroxylation sites is 8. The topological polar surface area (TPSA) is 48.4 Å². The predicted octanol–water partition coefficient (Wildman–Crippen LogP) is 24.1. The molecule has 14 aromatic carbocycles. The van der Waals surface area contributed by atoms with E-state index < -0.39 is 23.5 Å². The van der Waals surface area contributed by atoms with Gasteiger partial charge >= 0.3 is 12.4 Å². The molecule has 0 atom stereocenters. The van der Waals surface area contributed by atoms with Crippen LogP contribution in [-0.4, -0.2) is 22.8 Å². The molecule has 0 aliphatic carbocycles. The molecule has 0 amide bonds. The lowest BCUT2D eigenvalue weighted by molar-refractivity contribution is -0.138. The van der Waals surface area contributed by atoms with Crippen molar-refractivity contribution in [3.05, 3.63) is 320 Å². The van der Waals surface area contributed by atoms with Crippen molar-refractivity contribution in [1.82, 2.24) is 22.8 Å². The lowest BCUT2D eigenvalue weighted by Gasteiger charge is -2.29. The number of aromatic nitrogens is 5. The molecule has 0 unspecified atom stereocenters. The Kier molecular flexibility index (Phi) is 12.6. The smallest absolute Gasteiger partial charge is 0.309 e. The van der Waals surface area contributed by atoms with Gasteiger partial charge in [-0.15, -0.1) is 0 Å². The first-order valence-electron chi connectivity index (χ1n) is 32.5. The van der Waals surface area contributed by atoms with Gasteiger partial charge in [-0.3, -0.25) is 0 Å². The van der Waals surface area contributed by atoms with Crippen LogP contribution >= 0.6 is 0 Å². The van der Waals surface area contributed by atoms with Crippen molar-refractivity contribution in [3.63, 3.8) is 0 Å². The molecule has 0 saturated carbocycles. The number of fused-ring (bicyclic) bond motifs is 15. The summed E-state index contributed by atoms with van der Waals surface area (Å²) in [6, 6.07) is 99.2. The zero-order valence-electron chi connectivity index (χ0n) is 52.3. The summed E-state index contributed by atoms with van der Waals surface area (Å²) < 4.78 is 103. The van der Waals surface area contributed by atoms with Crippen LogP contribution < -0.4 is 0 Å². The van der Waals surface area contributed by atoms with Crippen LogP contribution in [0.25, 0.3) is 171 Å². The molecule has 5 aromatic heterocycles. The second-order valence-corrected chi connectivity index (χ2v) is 25.1. The van der Waals surface area contributed by atoms with Crippen LogP contribution in [0, 0.1) is 11.3 Å². The average molecular weight is 1290 g/mol. The number of alkyl halides is 6. The Balaban J connectivity index is 1.15. The molecule has 0 spiro atoms. The summed E-state index contributed by atoms with van der Waals surface area (Å²) in [7, 11) is 0. The number of rotatable bonds is 8. The fourth-order valence-electron chi connectivity index (χ4n) is 16.1. The number of benzene rings is 14. The summed E-state index contributed by atoms with van der Waals surface area (Å²) in [6.07, 6.45) is -9.45. The molecular weight excluding hydrogens is 1240 g/mol. The summed E-state index contributed by atoms with van der Waals surface area (Å²) in [6.45, 7) is 0. The molecular formula is C87H50F6N6. The van der Waals surface area contributed by atoms with E-state index in [4.69, 9.17) is 0 Å². The highest BCUT2D eigenvalue weighted by atomic mass is 19.4. The van der Waals surface area contributed by atoms with Crippen LogP contribution in [0.1, 0.15) is 16.7 Å². The highest BCUT2D eigenvalue weighted by Gasteiger charge is 2.38. The van der Waals surface area contributed by atoms with Gasteiger partial charge in [0.25, 0.3) is 0 Å². The Labute approximate surface area is 560 Å². The standard InChI is InChI=1S/C87H50F6N6/c88-86(89,90)52-45-47-73-65(49-52)57-29-10-15-37-68(57)98(73)84-67(51-94)85(99-69-38-16-11-30-58(69)66-50-53(87(91,92)93)46-48-74(66)99)83(64-36-22-44-77-80(64)61-33-14-19-41-72(61)97(77)56-27-8-3-9-28-56)81(62-34-20-42-75-78(62)59-31-12-17-39-70(59)95(75)54-23-4-1-5-24-54)82(84)63-35-21-43-76-79(63)60-32-13-18-40-71(60)96(76)55-25-6-2-7-26-55/h1-50H. The van der Waals surface area contributed by atoms with Crippen molar-refractivity contribution >= 4 is 109 Å². The molecule has 99 heavy (non-hydrogen) atoms. The molecule has 0 N–H and O–H groups in total. The van der Waals surface area contributed by atoms with Gasteiger partial charge < -0.3 is 22.8 Å². The summed E-state index contributed by atoms with van der Waals surface area (Å²) >= 11 is 0. The maximum atomic E-state index is 15.4. The molecule has 0 saturated heterocycles. The van der Waals surface area contributed by atoms with Crippen molar-refractivity contribution in [2.45, 2.75) is 12.4 Å². The predicted molar refractivity (Wildman–Crippen MR) is 389 cm³/mol. The Morgan fingerprint density at radius 1 is 0.242 bits per heavy atom. The molecule has 5 heterocycles. The van der Waals surface area contributed by atoms with E-state index >= 15 is 26.3 Å². The van der Waals surface area contributed by atoms with E-state index in [-0.39, 0.29) is 5.56 Å². The number of hydrogen-bond acceptors (Lipinski definition) is 1. The van der Waals surface area contributed by atoms with E-state index in [0.717, 1.165) is 100 Å². The Bertz CT molecular complexity index is 6320. The molecule has 6 nitrogen and oxygen atoms in total. The SMILES string of the molecule is N#Cc1c(-n2c3ccccc3c3cc(C(F)(F)F)ccc32)c(-c2cccc3c2c2ccccc2n3-c2ccccc2)c(-c2cccc3c2c2ccccc2n3-c2ccccc2)c(-c2cccc3c2c2ccccc2n3-c2ccccc2)c1-n1c2ccccc2c2cc(C(F)(F)F)ccc21. The highest BCUT2D eigenvalue weighted by molar-refractivity contribution is 6.27. The van der Waals surface area contributed by atoms with Crippen LogP contribution in [0.5, 0.6) is 0 Å². The molecule has 12 heteroatoms. The fourth-order valence-corrected chi connectivity index (χ4v) is 16.1. The van der Waals surface area contributed by atoms with E-state index in [0.29, 0.717) is 82.8 Å². The van der Waals surface area contributed by atoms with Gasteiger partial charge in [-0.2, -0.15) is 31.6 Å². The largest absolute Gasteiger partial charge is 0.416 e. The number of hydrogen-bond donors (Lipinski definition) is 0. The van der Waals surface area contributed by atoms with Gasteiger partial charge in [-0.1, -0.05) is 182 Å². The third-order valence-corrected chi connectivity index (χ3v) is 20.0. The summed E-state index contributed by atoms with van der Waals surface area (Å²) in [4.78, 5) is 0. The minimum Gasteiger partial charge on any atom is -0.309 e. The van der Waals surface area contributed by atoms with Gasteiger partial charge in [0.05, 0.1) is 77.7 Å². The third kappa shape index (κ3) is 8.44. The molecule has 0 bridgehead atoms. The quantitative estimate of drug-likeness (QED) is 0.140. The van der Waals surface area contributed by atoms with E-state index in [1.165, 1.54) is 24.3 Å². The second kappa shape index (κ2) is 21.6. The van der Waals surface area contributed by atoms with Gasteiger partial charge in [0.2, 0.25) is 0 Å². The Morgan fingerprint density at radius 3 is 0.838 bits per heavy atom. The normalized spacial score (nSPS) is 12.3. The monoisotopic (exact) mass is 1290 g/mol. The maximum absolute atomic E-state index is 15.4. The minimum atomic E-state index is -4.73. The molecule has 0 fully saturated rings. The lowest BCUT2D eigenvalue weighted by atomic mass is 9.80. The zero-order valence-corrected chi connectivity index (χ0v) is 52.3. The number of nitriles is 1. The Hall–Kier alpha value is -12.9. The van der Waals surface area contributed by atoms with Crippen molar-refractivity contribution in [1.29, 1.82) is 5.26 Å². The summed E-state index contributed by atoms with van der Waals surface area (Å²) in [5.74, 6) is 0. The van der Waals surface area contributed by atoms with Gasteiger partial charge in [0.15, 0.2) is 0 Å². The lowest BCUT2D eigenvalue weighted by Crippen LogP contribution is -2.11. The van der Waals surface area contributed by atoms with Crippen LogP contribution in [0.15, 0.2) is 303 Å². The van der Waals surface area contributed by atoms with E-state index in [2.05, 4.69) is 135 Å². The van der Waals surface area contributed by atoms with Crippen molar-refractivity contribution in [2.24, 2.45) is 0 Å². The van der Waals surface area contributed by atoms with Gasteiger partial charge in [0.1, 0.15) is 11.6 Å². The first-order valence-corrected chi connectivity index (χ1v) is 32.5. The molecule has 0 radical (unpaired) electrons. The molecule has 0 aliphatic rings. The number of nitrogens with zero attached hydrogens (tertiary/aromatic N) is 6. The van der Waals surface area contributed by atoms with Crippen LogP contribution in [0.2, 0.25) is 0 Å². The second-order valence-electron chi connectivity index (χ2n) is 25.1. The summed E-state index contributed by atoms with van der Waals surface area (Å²) in [5.41, 5.74) is 12.8. The first kappa shape index (κ1) is 57.6. The summed E-state index contributed by atoms with van der Waals surface area (Å²) in [5, 5.41) is 20.1. The molecule has 19 aromatic rings. The maximum Gasteiger partial charge on any atom is 0.416 e. The van der Waals surface area contributed by atoms with Crippen molar-refractivity contribution < 1.29 is 26.3 Å². The minimum absolute atomic E-state index is 0.0975. The highest BCUT2D eigenvalue weighted by Crippen LogP contribution is 2.58. The van der Waals surface area contributed by atoms with Crippen molar-refractivity contribution in [3.8, 4) is 67.9 Å². The van der Waals surface area contributed by atoms with E-state index in [1.54, 1.807) is 12.1 Å². The van der Waals surface area contributed by atoms with E-state index in [1.807, 2.05) is 149 Å². The van der Waals surface area contributed by atoms with Crippen molar-refractivity contribution in [2.75, 3.05) is 0 Å². The molecule has 19 rings (SSSR count). The average Bonchev–Trinajstić information content (AvgIpc) is 1.62. The van der Waals surface area contributed by atoms with Crippen LogP contribution in [0.4, 0.5) is 26.3 Å². The van der Waals surface area contributed by atoms with Crippen LogP contribution in [-0.2, 0) is 12.4 Å². The zero-order chi connectivity index (χ0) is 66.6. The fraction of sp³-hybridized carbons (Fsp3) is 0.0230. The van der Waals surface area contributed by atoms with Gasteiger partial charge in [-0.05, 0) is 138 Å². The van der Waals surface area contributed by atoms with Gasteiger partial charge in [-0.25, -0.2) is 0 Å². The van der Waals surface area contributed by atoms with Crippen LogP contribution in [0.3, 0.4) is 0 Å².